The molecule has 0 fully saturated rings. The van der Waals surface area contributed by atoms with Crippen molar-refractivity contribution in [2.45, 2.75) is 20.0 Å². The van der Waals surface area contributed by atoms with E-state index in [9.17, 15) is 14.0 Å². The number of amides is 1. The number of hydrogen-bond acceptors (Lipinski definition) is 4. The summed E-state index contributed by atoms with van der Waals surface area (Å²) in [4.78, 5) is 23.6. The molecule has 0 aliphatic rings. The van der Waals surface area contributed by atoms with Gasteiger partial charge in [-0.1, -0.05) is 12.1 Å². The van der Waals surface area contributed by atoms with Crippen LogP contribution >= 0.6 is 0 Å². The van der Waals surface area contributed by atoms with Crippen molar-refractivity contribution in [3.8, 4) is 5.75 Å². The normalized spacial score (nSPS) is 10.3. The van der Waals surface area contributed by atoms with Gasteiger partial charge in [-0.05, 0) is 50.2 Å². The smallest absolute Gasteiger partial charge is 0.338 e. The number of esters is 1. The number of para-hydroxylation sites is 1. The van der Waals surface area contributed by atoms with Gasteiger partial charge in [-0.2, -0.15) is 0 Å². The first kappa shape index (κ1) is 17.5. The monoisotopic (exact) mass is 331 g/mol. The molecule has 0 unspecified atom stereocenters. The number of ether oxygens (including phenoxy) is 2. The summed E-state index contributed by atoms with van der Waals surface area (Å²) >= 11 is 0. The van der Waals surface area contributed by atoms with Crippen LogP contribution < -0.4 is 10.1 Å². The molecule has 24 heavy (non-hydrogen) atoms. The fraction of sp³-hybridized carbons (Fsp3) is 0.222. The van der Waals surface area contributed by atoms with Gasteiger partial charge < -0.3 is 14.8 Å². The molecule has 0 aliphatic heterocycles. The molecule has 0 radical (unpaired) electrons. The van der Waals surface area contributed by atoms with Crippen molar-refractivity contribution in [3.63, 3.8) is 0 Å². The van der Waals surface area contributed by atoms with Crippen LogP contribution in [0.5, 0.6) is 5.75 Å². The molecule has 0 bridgehead atoms. The maximum Gasteiger partial charge on any atom is 0.338 e. The van der Waals surface area contributed by atoms with E-state index >= 15 is 0 Å². The highest BCUT2D eigenvalue weighted by atomic mass is 19.1. The Morgan fingerprint density at radius 1 is 1.08 bits per heavy atom. The van der Waals surface area contributed by atoms with Gasteiger partial charge in [-0.25, -0.2) is 9.18 Å². The first-order valence-corrected chi connectivity index (χ1v) is 7.44. The second kappa shape index (κ2) is 8.10. The zero-order valence-electron chi connectivity index (χ0n) is 13.4. The van der Waals surface area contributed by atoms with Crippen LogP contribution in [0.25, 0.3) is 0 Å². The molecule has 0 saturated carbocycles. The third-order valence-electron chi connectivity index (χ3n) is 2.94. The van der Waals surface area contributed by atoms with E-state index in [1.54, 1.807) is 30.3 Å². The lowest BCUT2D eigenvalue weighted by Crippen LogP contribution is -2.21. The third-order valence-corrected chi connectivity index (χ3v) is 2.94. The van der Waals surface area contributed by atoms with Crippen LogP contribution in [0.3, 0.4) is 0 Å². The summed E-state index contributed by atoms with van der Waals surface area (Å²) in [6.07, 6.45) is 0.0323. The Labute approximate surface area is 139 Å². The predicted octanol–water partition coefficient (Wildman–Crippen LogP) is 3.41. The fourth-order valence-corrected chi connectivity index (χ4v) is 1.91. The Hall–Kier alpha value is -2.89. The molecule has 2 rings (SSSR count). The summed E-state index contributed by atoms with van der Waals surface area (Å²) in [6, 6.07) is 12.1. The minimum absolute atomic E-state index is 0.0323. The predicted molar refractivity (Wildman–Crippen MR) is 87.5 cm³/mol. The van der Waals surface area contributed by atoms with Crippen LogP contribution in [0.1, 0.15) is 24.2 Å². The Morgan fingerprint density at radius 2 is 1.75 bits per heavy atom. The molecule has 126 valence electrons. The first-order chi connectivity index (χ1) is 11.5. The molecule has 2 aromatic carbocycles. The van der Waals surface area contributed by atoms with Gasteiger partial charge in [0.15, 0.2) is 6.61 Å². The molecular weight excluding hydrogens is 313 g/mol. The first-order valence-electron chi connectivity index (χ1n) is 7.44. The SMILES string of the molecule is CC(C)Oc1ccc(C(=O)OCC(=O)Nc2ccccc2F)cc1. The van der Waals surface area contributed by atoms with Crippen molar-refractivity contribution in [1.29, 1.82) is 0 Å². The van der Waals surface area contributed by atoms with E-state index < -0.39 is 24.3 Å². The highest BCUT2D eigenvalue weighted by Gasteiger charge is 2.12. The maximum atomic E-state index is 13.4. The average molecular weight is 331 g/mol. The van der Waals surface area contributed by atoms with Crippen LogP contribution in [0.15, 0.2) is 48.5 Å². The van der Waals surface area contributed by atoms with E-state index in [4.69, 9.17) is 9.47 Å². The lowest BCUT2D eigenvalue weighted by Gasteiger charge is -2.10. The van der Waals surface area contributed by atoms with Gasteiger partial charge in [0.1, 0.15) is 11.6 Å². The fourth-order valence-electron chi connectivity index (χ4n) is 1.91. The number of nitrogens with one attached hydrogen (secondary N) is 1. The van der Waals surface area contributed by atoms with Crippen molar-refractivity contribution < 1.29 is 23.5 Å². The number of carbonyl (C=O) groups is 2. The summed E-state index contributed by atoms with van der Waals surface area (Å²) < 4.78 is 23.8. The lowest BCUT2D eigenvalue weighted by molar-refractivity contribution is -0.119. The van der Waals surface area contributed by atoms with E-state index in [1.807, 2.05) is 13.8 Å². The van der Waals surface area contributed by atoms with Crippen molar-refractivity contribution in [2.75, 3.05) is 11.9 Å². The minimum Gasteiger partial charge on any atom is -0.491 e. The van der Waals surface area contributed by atoms with E-state index in [2.05, 4.69) is 5.32 Å². The van der Waals surface area contributed by atoms with E-state index in [0.717, 1.165) is 0 Å². The number of hydrogen-bond donors (Lipinski definition) is 1. The maximum absolute atomic E-state index is 13.4. The van der Waals surface area contributed by atoms with Gasteiger partial charge >= 0.3 is 5.97 Å². The van der Waals surface area contributed by atoms with E-state index in [-0.39, 0.29) is 11.8 Å². The molecule has 6 heteroatoms. The Balaban J connectivity index is 1.86. The number of halogens is 1. The molecule has 0 saturated heterocycles. The third kappa shape index (κ3) is 5.08. The molecular formula is C18H18FNO4. The van der Waals surface area contributed by atoms with Gasteiger partial charge in [-0.15, -0.1) is 0 Å². The van der Waals surface area contributed by atoms with Gasteiger partial charge in [-0.3, -0.25) is 4.79 Å². The van der Waals surface area contributed by atoms with Gasteiger partial charge in [0, 0.05) is 0 Å². The summed E-state index contributed by atoms with van der Waals surface area (Å²) in [6.45, 7) is 3.30. The van der Waals surface area contributed by atoms with E-state index in [0.29, 0.717) is 11.3 Å². The van der Waals surface area contributed by atoms with Crippen LogP contribution in [0.4, 0.5) is 10.1 Å². The Kier molecular flexibility index (Phi) is 5.89. The van der Waals surface area contributed by atoms with Crippen LogP contribution in [0.2, 0.25) is 0 Å². The Morgan fingerprint density at radius 3 is 2.38 bits per heavy atom. The second-order valence-electron chi connectivity index (χ2n) is 5.30. The van der Waals surface area contributed by atoms with Crippen molar-refractivity contribution >= 4 is 17.6 Å². The standard InChI is InChI=1S/C18H18FNO4/c1-12(2)24-14-9-7-13(8-10-14)18(22)23-11-17(21)20-16-6-4-3-5-15(16)19/h3-10,12H,11H2,1-2H3,(H,20,21). The van der Waals surface area contributed by atoms with Gasteiger partial charge in [0.25, 0.3) is 5.91 Å². The largest absolute Gasteiger partial charge is 0.491 e. The number of rotatable bonds is 6. The number of carbonyl (C=O) groups excluding carboxylic acids is 2. The van der Waals surface area contributed by atoms with Crippen LogP contribution in [-0.2, 0) is 9.53 Å². The highest BCUT2D eigenvalue weighted by molar-refractivity contribution is 5.95. The lowest BCUT2D eigenvalue weighted by atomic mass is 10.2. The number of anilines is 1. The molecule has 1 amide bonds. The van der Waals surface area contributed by atoms with Crippen molar-refractivity contribution in [1.82, 2.24) is 0 Å². The molecule has 0 spiro atoms. The molecule has 0 atom stereocenters. The van der Waals surface area contributed by atoms with Gasteiger partial charge in [0.2, 0.25) is 0 Å². The quantitative estimate of drug-likeness (QED) is 0.824. The van der Waals surface area contributed by atoms with Crippen molar-refractivity contribution in [2.24, 2.45) is 0 Å². The molecule has 0 aliphatic carbocycles. The second-order valence-corrected chi connectivity index (χ2v) is 5.30. The van der Waals surface area contributed by atoms with Crippen LogP contribution in [0, 0.1) is 5.82 Å². The zero-order chi connectivity index (χ0) is 17.5. The number of benzene rings is 2. The topological polar surface area (TPSA) is 64.6 Å². The summed E-state index contributed by atoms with van der Waals surface area (Å²) in [7, 11) is 0. The zero-order valence-corrected chi connectivity index (χ0v) is 13.4. The van der Waals surface area contributed by atoms with Crippen molar-refractivity contribution in [3.05, 3.63) is 59.9 Å². The highest BCUT2D eigenvalue weighted by Crippen LogP contribution is 2.15. The van der Waals surface area contributed by atoms with E-state index in [1.165, 1.54) is 18.2 Å². The molecule has 2 aromatic rings. The summed E-state index contributed by atoms with van der Waals surface area (Å²) in [5.41, 5.74) is 0.332. The average Bonchev–Trinajstić information content (AvgIpc) is 2.55. The summed E-state index contributed by atoms with van der Waals surface area (Å²) in [5, 5.41) is 2.34. The Bertz CT molecular complexity index is 713. The molecule has 1 N–H and O–H groups in total. The van der Waals surface area contributed by atoms with Crippen LogP contribution in [-0.4, -0.2) is 24.6 Å². The molecule has 0 aromatic heterocycles. The molecule has 0 heterocycles. The van der Waals surface area contributed by atoms with Gasteiger partial charge in [0.05, 0.1) is 17.4 Å². The molecule has 5 nitrogen and oxygen atoms in total. The minimum atomic E-state index is -0.644. The summed E-state index contributed by atoms with van der Waals surface area (Å²) in [5.74, 6) is -1.18.